The summed E-state index contributed by atoms with van der Waals surface area (Å²) in [7, 11) is 0. The van der Waals surface area contributed by atoms with Crippen molar-refractivity contribution in [3.63, 3.8) is 0 Å². The minimum absolute atomic E-state index is 0.162. The molecule has 0 bridgehead atoms. The topological polar surface area (TPSA) is 80.4 Å². The second kappa shape index (κ2) is 4.06. The van der Waals surface area contributed by atoms with Crippen molar-refractivity contribution < 1.29 is 14.8 Å². The fourth-order valence-corrected chi connectivity index (χ4v) is 1.27. The normalized spacial score (nSPS) is 9.79. The molecule has 0 atom stereocenters. The largest absolute Gasteiger partial charge is 0.481 e. The molecule has 0 aliphatic carbocycles. The Labute approximate surface area is 84.1 Å². The highest BCUT2D eigenvalue weighted by molar-refractivity contribution is 6.30. The highest BCUT2D eigenvalue weighted by Gasteiger charge is 2.10. The number of benzene rings is 1. The predicted octanol–water partition coefficient (Wildman–Crippen LogP) is 1.88. The van der Waals surface area contributed by atoms with Crippen molar-refractivity contribution in [3.8, 4) is 0 Å². The number of non-ortho nitro benzene ring substituents is 1. The zero-order valence-electron chi connectivity index (χ0n) is 6.94. The summed E-state index contributed by atoms with van der Waals surface area (Å²) in [5.74, 6) is -1.05. The number of nitro groups is 1. The van der Waals surface area contributed by atoms with E-state index in [9.17, 15) is 14.9 Å². The van der Waals surface area contributed by atoms with Gasteiger partial charge in [-0.15, -0.1) is 0 Å². The van der Waals surface area contributed by atoms with Gasteiger partial charge in [0.05, 0.1) is 11.3 Å². The first-order chi connectivity index (χ1) is 6.49. The summed E-state index contributed by atoms with van der Waals surface area (Å²) >= 11 is 5.58. The number of halogens is 1. The van der Waals surface area contributed by atoms with Gasteiger partial charge in [0.25, 0.3) is 5.69 Å². The van der Waals surface area contributed by atoms with E-state index in [0.29, 0.717) is 5.56 Å². The molecule has 0 aliphatic rings. The molecule has 1 N–H and O–H groups in total. The molecule has 0 unspecified atom stereocenters. The fourth-order valence-electron chi connectivity index (χ4n) is 1.02. The van der Waals surface area contributed by atoms with E-state index >= 15 is 0 Å². The fraction of sp³-hybridized carbons (Fsp3) is 0.125. The van der Waals surface area contributed by atoms with Crippen LogP contribution in [0.15, 0.2) is 18.2 Å². The highest BCUT2D eigenvalue weighted by atomic mass is 35.5. The Morgan fingerprint density at radius 1 is 1.50 bits per heavy atom. The molecule has 1 aromatic carbocycles. The van der Waals surface area contributed by atoms with Gasteiger partial charge in [-0.2, -0.15) is 0 Å². The molecule has 0 saturated carbocycles. The third-order valence-electron chi connectivity index (χ3n) is 1.51. The zero-order chi connectivity index (χ0) is 10.7. The second-order valence-electron chi connectivity index (χ2n) is 2.65. The summed E-state index contributed by atoms with van der Waals surface area (Å²) in [5, 5.41) is 19.0. The van der Waals surface area contributed by atoms with Gasteiger partial charge < -0.3 is 5.11 Å². The van der Waals surface area contributed by atoms with E-state index in [-0.39, 0.29) is 17.1 Å². The quantitative estimate of drug-likeness (QED) is 0.617. The smallest absolute Gasteiger partial charge is 0.307 e. The SMILES string of the molecule is O=C(O)Cc1cc(Cl)cc([N+](=O)[O-])c1. The van der Waals surface area contributed by atoms with Crippen LogP contribution in [-0.4, -0.2) is 16.0 Å². The van der Waals surface area contributed by atoms with Crippen molar-refractivity contribution in [2.24, 2.45) is 0 Å². The van der Waals surface area contributed by atoms with Crippen LogP contribution in [0, 0.1) is 10.1 Å². The van der Waals surface area contributed by atoms with Gasteiger partial charge >= 0.3 is 5.97 Å². The maximum absolute atomic E-state index is 10.4. The van der Waals surface area contributed by atoms with Gasteiger partial charge in [0.1, 0.15) is 0 Å². The molecule has 0 amide bonds. The third-order valence-corrected chi connectivity index (χ3v) is 1.73. The van der Waals surface area contributed by atoms with Crippen LogP contribution in [0.1, 0.15) is 5.56 Å². The Bertz CT molecular complexity index is 391. The van der Waals surface area contributed by atoms with Gasteiger partial charge in [-0.25, -0.2) is 0 Å². The average Bonchev–Trinajstić information content (AvgIpc) is 2.01. The van der Waals surface area contributed by atoms with E-state index in [4.69, 9.17) is 16.7 Å². The van der Waals surface area contributed by atoms with Gasteiger partial charge in [0, 0.05) is 17.2 Å². The number of nitrogens with zero attached hydrogens (tertiary/aromatic N) is 1. The summed E-state index contributed by atoms with van der Waals surface area (Å²) in [5.41, 5.74) is 0.116. The summed E-state index contributed by atoms with van der Waals surface area (Å²) in [6, 6.07) is 3.76. The number of carbonyl (C=O) groups is 1. The van der Waals surface area contributed by atoms with Crippen LogP contribution in [0.3, 0.4) is 0 Å². The minimum Gasteiger partial charge on any atom is -0.481 e. The second-order valence-corrected chi connectivity index (χ2v) is 3.08. The Morgan fingerprint density at radius 2 is 2.14 bits per heavy atom. The number of nitro benzene ring substituents is 1. The van der Waals surface area contributed by atoms with Gasteiger partial charge in [0.15, 0.2) is 0 Å². The average molecular weight is 216 g/mol. The van der Waals surface area contributed by atoms with E-state index < -0.39 is 10.9 Å². The van der Waals surface area contributed by atoms with Crippen molar-refractivity contribution in [1.29, 1.82) is 0 Å². The Kier molecular flexibility index (Phi) is 3.03. The lowest BCUT2D eigenvalue weighted by Gasteiger charge is -1.98. The Hall–Kier alpha value is -1.62. The van der Waals surface area contributed by atoms with E-state index in [1.807, 2.05) is 0 Å². The molecule has 0 aromatic heterocycles. The maximum atomic E-state index is 10.4. The molecule has 0 fully saturated rings. The molecule has 1 aromatic rings. The van der Waals surface area contributed by atoms with Crippen molar-refractivity contribution in [2.45, 2.75) is 6.42 Å². The molecule has 0 heterocycles. The number of carboxylic acids is 1. The molecular formula is C8H6ClNO4. The van der Waals surface area contributed by atoms with Crippen LogP contribution in [0.4, 0.5) is 5.69 Å². The summed E-state index contributed by atoms with van der Waals surface area (Å²) < 4.78 is 0. The monoisotopic (exact) mass is 215 g/mol. The lowest BCUT2D eigenvalue weighted by molar-refractivity contribution is -0.384. The molecule has 0 spiro atoms. The van der Waals surface area contributed by atoms with Crippen LogP contribution in [0.25, 0.3) is 0 Å². The van der Waals surface area contributed by atoms with Crippen LogP contribution in [-0.2, 0) is 11.2 Å². The molecule has 6 heteroatoms. The first-order valence-electron chi connectivity index (χ1n) is 3.64. The van der Waals surface area contributed by atoms with Gasteiger partial charge in [-0.1, -0.05) is 11.6 Å². The Balaban J connectivity index is 3.07. The van der Waals surface area contributed by atoms with E-state index in [0.717, 1.165) is 0 Å². The number of rotatable bonds is 3. The van der Waals surface area contributed by atoms with Crippen molar-refractivity contribution in [1.82, 2.24) is 0 Å². The first kappa shape index (κ1) is 10.5. The molecule has 0 radical (unpaired) electrons. The summed E-state index contributed by atoms with van der Waals surface area (Å²) in [4.78, 5) is 20.1. The molecule has 5 nitrogen and oxygen atoms in total. The molecule has 74 valence electrons. The maximum Gasteiger partial charge on any atom is 0.307 e. The number of carboxylic acid groups (broad SMARTS) is 1. The zero-order valence-corrected chi connectivity index (χ0v) is 7.69. The van der Waals surface area contributed by atoms with Gasteiger partial charge in [0.2, 0.25) is 0 Å². The van der Waals surface area contributed by atoms with E-state index in [2.05, 4.69) is 0 Å². The van der Waals surface area contributed by atoms with Crippen LogP contribution < -0.4 is 0 Å². The minimum atomic E-state index is -1.05. The lowest BCUT2D eigenvalue weighted by atomic mass is 10.1. The highest BCUT2D eigenvalue weighted by Crippen LogP contribution is 2.21. The molecule has 14 heavy (non-hydrogen) atoms. The van der Waals surface area contributed by atoms with Gasteiger partial charge in [-0.3, -0.25) is 14.9 Å². The predicted molar refractivity (Wildman–Crippen MR) is 49.4 cm³/mol. The van der Waals surface area contributed by atoms with Gasteiger partial charge in [-0.05, 0) is 11.6 Å². The third kappa shape index (κ3) is 2.70. The molecule has 1 rings (SSSR count). The standard InChI is InChI=1S/C8H6ClNO4/c9-6-1-5(3-8(11)12)2-7(4-6)10(13)14/h1-2,4H,3H2,(H,11,12). The number of aliphatic carboxylic acids is 1. The Morgan fingerprint density at radius 3 is 2.64 bits per heavy atom. The van der Waals surface area contributed by atoms with Crippen molar-refractivity contribution >= 4 is 23.3 Å². The molecule has 0 aliphatic heterocycles. The number of hydrogen-bond acceptors (Lipinski definition) is 3. The van der Waals surface area contributed by atoms with Crippen LogP contribution in [0.5, 0.6) is 0 Å². The van der Waals surface area contributed by atoms with Crippen molar-refractivity contribution in [2.75, 3.05) is 0 Å². The van der Waals surface area contributed by atoms with E-state index in [1.54, 1.807) is 0 Å². The molecular weight excluding hydrogens is 210 g/mol. The van der Waals surface area contributed by atoms with E-state index in [1.165, 1.54) is 18.2 Å². The van der Waals surface area contributed by atoms with Crippen LogP contribution in [0.2, 0.25) is 5.02 Å². The van der Waals surface area contributed by atoms with Crippen molar-refractivity contribution in [3.05, 3.63) is 38.9 Å². The first-order valence-corrected chi connectivity index (χ1v) is 4.02. The lowest BCUT2D eigenvalue weighted by Crippen LogP contribution is -2.00. The summed E-state index contributed by atoms with van der Waals surface area (Å²) in [6.07, 6.45) is -0.276. The number of hydrogen-bond donors (Lipinski definition) is 1. The summed E-state index contributed by atoms with van der Waals surface area (Å²) in [6.45, 7) is 0. The molecule has 0 saturated heterocycles. The van der Waals surface area contributed by atoms with Crippen LogP contribution >= 0.6 is 11.6 Å².